The quantitative estimate of drug-likeness (QED) is 0.847. The molecule has 1 saturated heterocycles. The third-order valence-electron chi connectivity index (χ3n) is 8.27. The van der Waals surface area contributed by atoms with E-state index in [9.17, 15) is 4.79 Å². The first-order chi connectivity index (χ1) is 13.5. The van der Waals surface area contributed by atoms with Crippen LogP contribution >= 0.6 is 0 Å². The molecular weight excluding hydrogens is 350 g/mol. The largest absolute Gasteiger partial charge is 0.480 e. The van der Waals surface area contributed by atoms with E-state index in [-0.39, 0.29) is 16.6 Å². The van der Waals surface area contributed by atoms with Crippen LogP contribution in [0.4, 0.5) is 0 Å². The topological polar surface area (TPSA) is 64.1 Å². The fraction of sp³-hybridized carbons (Fsp3) is 0.609. The van der Waals surface area contributed by atoms with Gasteiger partial charge in [0, 0.05) is 30.2 Å². The van der Waals surface area contributed by atoms with E-state index in [0.717, 1.165) is 25.1 Å². The van der Waals surface area contributed by atoms with Crippen LogP contribution in [0.5, 0.6) is 5.88 Å². The summed E-state index contributed by atoms with van der Waals surface area (Å²) in [4.78, 5) is 21.0. The van der Waals surface area contributed by atoms with E-state index in [1.165, 1.54) is 24.1 Å². The molecule has 1 aromatic rings. The van der Waals surface area contributed by atoms with Crippen LogP contribution in [0.3, 0.4) is 0 Å². The number of carbonyl (C=O) groups is 1. The first-order valence-corrected chi connectivity index (χ1v) is 10.5. The second-order valence-electron chi connectivity index (χ2n) is 9.46. The molecule has 28 heavy (non-hydrogen) atoms. The molecule has 3 aliphatic carbocycles. The van der Waals surface area contributed by atoms with Crippen molar-refractivity contribution in [2.24, 2.45) is 28.6 Å². The molecule has 0 radical (unpaired) electrons. The second-order valence-corrected chi connectivity index (χ2v) is 9.46. The van der Waals surface area contributed by atoms with Crippen molar-refractivity contribution in [3.63, 3.8) is 0 Å². The lowest BCUT2D eigenvalue weighted by Crippen LogP contribution is -2.56. The molecule has 0 aromatic carbocycles. The van der Waals surface area contributed by atoms with Crippen molar-refractivity contribution in [2.45, 2.75) is 46.0 Å². The van der Waals surface area contributed by atoms with Crippen LogP contribution < -0.4 is 10.1 Å². The number of nitrogens with one attached hydrogen (secondary N) is 1. The monoisotopic (exact) mass is 379 g/mol. The van der Waals surface area contributed by atoms with Gasteiger partial charge in [0.2, 0.25) is 5.88 Å². The number of nitrogens with zero attached hydrogens (tertiary/aromatic N) is 2. The zero-order valence-corrected chi connectivity index (χ0v) is 17.0. The Labute approximate surface area is 166 Å². The SMILES string of the molecule is COc1cncc(C2=CC[C@H]3[C@@H]4CNC5=CC(=O)CC[C@]5(C)[C@H]4CC[C@]23C)n1. The Kier molecular flexibility index (Phi) is 3.94. The summed E-state index contributed by atoms with van der Waals surface area (Å²) in [7, 11) is 1.64. The Morgan fingerprint density at radius 2 is 2.04 bits per heavy atom. The molecule has 5 nitrogen and oxygen atoms in total. The van der Waals surface area contributed by atoms with E-state index in [2.05, 4.69) is 35.2 Å². The average molecular weight is 380 g/mol. The van der Waals surface area contributed by atoms with E-state index < -0.39 is 0 Å². The van der Waals surface area contributed by atoms with Gasteiger partial charge in [0.15, 0.2) is 5.78 Å². The Bertz CT molecular complexity index is 892. The van der Waals surface area contributed by atoms with Crippen LogP contribution in [0, 0.1) is 28.6 Å². The first-order valence-electron chi connectivity index (χ1n) is 10.5. The van der Waals surface area contributed by atoms with Gasteiger partial charge in [-0.1, -0.05) is 19.9 Å². The van der Waals surface area contributed by atoms with Crippen LogP contribution in [-0.4, -0.2) is 29.4 Å². The first kappa shape index (κ1) is 17.9. The summed E-state index contributed by atoms with van der Waals surface area (Å²) >= 11 is 0. The molecule has 1 aliphatic heterocycles. The number of rotatable bonds is 2. The van der Waals surface area contributed by atoms with E-state index in [0.29, 0.717) is 30.1 Å². The molecular formula is C23H29N3O2. The lowest BCUT2D eigenvalue weighted by atomic mass is 9.50. The van der Waals surface area contributed by atoms with Crippen molar-refractivity contribution in [3.8, 4) is 5.88 Å². The second kappa shape index (κ2) is 6.16. The van der Waals surface area contributed by atoms with Gasteiger partial charge < -0.3 is 10.1 Å². The van der Waals surface area contributed by atoms with Crippen LogP contribution in [0.25, 0.3) is 5.57 Å². The highest BCUT2D eigenvalue weighted by molar-refractivity contribution is 5.91. The van der Waals surface area contributed by atoms with Crippen molar-refractivity contribution >= 4 is 11.4 Å². The number of piperidine rings is 1. The highest BCUT2D eigenvalue weighted by atomic mass is 16.5. The predicted octanol–water partition coefficient (Wildman–Crippen LogP) is 3.78. The Morgan fingerprint density at radius 1 is 1.18 bits per heavy atom. The van der Waals surface area contributed by atoms with Gasteiger partial charge in [-0.15, -0.1) is 0 Å². The van der Waals surface area contributed by atoms with Crippen molar-refractivity contribution in [1.29, 1.82) is 0 Å². The zero-order chi connectivity index (χ0) is 19.5. The number of allylic oxidation sites excluding steroid dienone is 4. The molecule has 0 spiro atoms. The van der Waals surface area contributed by atoms with Crippen LogP contribution in [0.2, 0.25) is 0 Å². The Balaban J connectivity index is 1.47. The molecule has 4 aliphatic rings. The van der Waals surface area contributed by atoms with Crippen molar-refractivity contribution in [1.82, 2.24) is 15.3 Å². The number of aromatic nitrogens is 2. The highest BCUT2D eigenvalue weighted by Crippen LogP contribution is 2.64. The molecule has 5 rings (SSSR count). The fourth-order valence-electron chi connectivity index (χ4n) is 6.69. The number of carbonyl (C=O) groups excluding carboxylic acids is 1. The number of ether oxygens (including phenoxy) is 1. The maximum atomic E-state index is 12.0. The van der Waals surface area contributed by atoms with Crippen LogP contribution in [0.15, 0.2) is 30.2 Å². The normalized spacial score (nSPS) is 39.1. The Hall–Kier alpha value is -2.17. The van der Waals surface area contributed by atoms with E-state index in [4.69, 9.17) is 4.74 Å². The van der Waals surface area contributed by atoms with E-state index in [1.807, 2.05) is 12.3 Å². The molecule has 0 amide bonds. The summed E-state index contributed by atoms with van der Waals surface area (Å²) in [5.41, 5.74) is 3.75. The maximum absolute atomic E-state index is 12.0. The zero-order valence-electron chi connectivity index (χ0n) is 17.0. The lowest BCUT2D eigenvalue weighted by molar-refractivity contribution is -0.117. The fourth-order valence-corrected chi connectivity index (χ4v) is 6.69. The van der Waals surface area contributed by atoms with Gasteiger partial charge in [0.1, 0.15) is 0 Å². The summed E-state index contributed by atoms with van der Waals surface area (Å²) < 4.78 is 5.31. The average Bonchev–Trinajstić information content (AvgIpc) is 3.06. The molecule has 5 heteroatoms. The minimum atomic E-state index is 0.122. The number of hydrogen-bond donors (Lipinski definition) is 1. The lowest BCUT2D eigenvalue weighted by Gasteiger charge is -2.57. The molecule has 1 saturated carbocycles. The summed E-state index contributed by atoms with van der Waals surface area (Å²) in [6, 6.07) is 0. The smallest absolute Gasteiger partial charge is 0.232 e. The molecule has 2 fully saturated rings. The molecule has 0 bridgehead atoms. The highest BCUT2D eigenvalue weighted by Gasteiger charge is 2.57. The van der Waals surface area contributed by atoms with Gasteiger partial charge in [-0.05, 0) is 54.4 Å². The standard InChI is InChI=1S/C23H29N3O2/c1-22-9-7-17-15(11-25-20-10-14(27)6-8-23(17,20)2)16(22)4-5-18(22)19-12-24-13-21(26-19)28-3/h5,10,12-13,15-17,25H,4,6-9,11H2,1-3H3/t15-,16-,17-,22-,23+/m0/s1. The summed E-state index contributed by atoms with van der Waals surface area (Å²) in [6.07, 6.45) is 13.0. The third kappa shape index (κ3) is 2.41. The van der Waals surface area contributed by atoms with Crippen LogP contribution in [0.1, 0.15) is 51.6 Å². The predicted molar refractivity (Wildman–Crippen MR) is 107 cm³/mol. The summed E-state index contributed by atoms with van der Waals surface area (Å²) in [5, 5.41) is 3.66. The summed E-state index contributed by atoms with van der Waals surface area (Å²) in [6.45, 7) is 5.78. The van der Waals surface area contributed by atoms with Crippen LogP contribution in [-0.2, 0) is 4.79 Å². The molecule has 0 unspecified atom stereocenters. The van der Waals surface area contributed by atoms with Gasteiger partial charge in [-0.3, -0.25) is 9.78 Å². The van der Waals surface area contributed by atoms with Crippen molar-refractivity contribution in [3.05, 3.63) is 35.9 Å². The molecule has 5 atom stereocenters. The van der Waals surface area contributed by atoms with Gasteiger partial charge in [0.25, 0.3) is 0 Å². The van der Waals surface area contributed by atoms with Gasteiger partial charge in [0.05, 0.1) is 25.2 Å². The minimum Gasteiger partial charge on any atom is -0.480 e. The van der Waals surface area contributed by atoms with Gasteiger partial charge in [-0.25, -0.2) is 4.98 Å². The maximum Gasteiger partial charge on any atom is 0.232 e. The molecule has 1 N–H and O–H groups in total. The molecule has 2 heterocycles. The summed E-state index contributed by atoms with van der Waals surface area (Å²) in [5.74, 6) is 2.74. The van der Waals surface area contributed by atoms with E-state index >= 15 is 0 Å². The number of ketones is 1. The van der Waals surface area contributed by atoms with Gasteiger partial charge in [-0.2, -0.15) is 0 Å². The number of hydrogen-bond acceptors (Lipinski definition) is 5. The molecule has 148 valence electrons. The minimum absolute atomic E-state index is 0.122. The van der Waals surface area contributed by atoms with E-state index in [1.54, 1.807) is 13.3 Å². The van der Waals surface area contributed by atoms with Gasteiger partial charge >= 0.3 is 0 Å². The number of methoxy groups -OCH3 is 1. The Morgan fingerprint density at radius 3 is 2.86 bits per heavy atom. The third-order valence-corrected chi connectivity index (χ3v) is 8.27. The van der Waals surface area contributed by atoms with Crippen molar-refractivity contribution in [2.75, 3.05) is 13.7 Å². The molecule has 1 aromatic heterocycles. The number of fused-ring (bicyclic) bond motifs is 5. The van der Waals surface area contributed by atoms with Crippen molar-refractivity contribution < 1.29 is 9.53 Å².